The lowest BCUT2D eigenvalue weighted by molar-refractivity contribution is -0.242. The molecule has 2 aliphatic heterocycles. The van der Waals surface area contributed by atoms with E-state index >= 15 is 0 Å². The van der Waals surface area contributed by atoms with Crippen molar-refractivity contribution in [3.8, 4) is 0 Å². The summed E-state index contributed by atoms with van der Waals surface area (Å²) in [6.07, 6.45) is 2.90. The van der Waals surface area contributed by atoms with Crippen LogP contribution in [0.1, 0.15) is 47.0 Å². The minimum Gasteiger partial charge on any atom is -0.356 e. The largest absolute Gasteiger partial charge is 0.356 e. The molecule has 2 heterocycles. The van der Waals surface area contributed by atoms with Crippen LogP contribution < -0.4 is 0 Å². The second-order valence-corrected chi connectivity index (χ2v) is 7.24. The number of likely N-dealkylation sites (tertiary alicyclic amines) is 2. The molecule has 4 heteroatoms. The molecule has 2 saturated heterocycles. The van der Waals surface area contributed by atoms with E-state index in [9.17, 15) is 5.11 Å². The van der Waals surface area contributed by atoms with Gasteiger partial charge in [0.05, 0.1) is 5.60 Å². The topological polar surface area (TPSA) is 35.9 Å². The molecule has 2 aliphatic rings. The van der Waals surface area contributed by atoms with Crippen molar-refractivity contribution in [1.29, 1.82) is 0 Å². The van der Waals surface area contributed by atoms with E-state index in [1.54, 1.807) is 0 Å². The highest BCUT2D eigenvalue weighted by molar-refractivity contribution is 4.84. The highest BCUT2D eigenvalue weighted by atomic mass is 16.6. The van der Waals surface area contributed by atoms with Crippen LogP contribution in [0.5, 0.6) is 0 Å². The van der Waals surface area contributed by atoms with Crippen LogP contribution in [0.4, 0.5) is 0 Å². The molecule has 0 aliphatic carbocycles. The van der Waals surface area contributed by atoms with Crippen molar-refractivity contribution < 1.29 is 9.84 Å². The fourth-order valence-corrected chi connectivity index (χ4v) is 3.22. The summed E-state index contributed by atoms with van der Waals surface area (Å²) in [7, 11) is 0. The molecule has 1 N–H and O–H groups in total. The van der Waals surface area contributed by atoms with Gasteiger partial charge < -0.3 is 14.7 Å². The van der Waals surface area contributed by atoms with Gasteiger partial charge in [-0.15, -0.1) is 0 Å². The van der Waals surface area contributed by atoms with Crippen LogP contribution in [0.15, 0.2) is 0 Å². The van der Waals surface area contributed by atoms with Gasteiger partial charge in [0.15, 0.2) is 0 Å². The van der Waals surface area contributed by atoms with Crippen LogP contribution in [0.3, 0.4) is 0 Å². The Bertz CT molecular complexity index is 290. The van der Waals surface area contributed by atoms with Crippen LogP contribution in [-0.2, 0) is 4.74 Å². The molecule has 0 bridgehead atoms. The summed E-state index contributed by atoms with van der Waals surface area (Å²) >= 11 is 0. The number of aliphatic hydroxyl groups excluding tert-OH is 1. The fraction of sp³-hybridized carbons (Fsp3) is 1.00. The summed E-state index contributed by atoms with van der Waals surface area (Å²) in [5, 5.41) is 10.3. The van der Waals surface area contributed by atoms with Gasteiger partial charge in [-0.3, -0.25) is 4.90 Å². The molecule has 3 unspecified atom stereocenters. The minimum absolute atomic E-state index is 0.297. The molecule has 3 atom stereocenters. The van der Waals surface area contributed by atoms with E-state index in [4.69, 9.17) is 4.74 Å². The number of rotatable bonds is 4. The Balaban J connectivity index is 1.86. The van der Waals surface area contributed by atoms with E-state index in [-0.39, 0.29) is 5.60 Å². The number of aliphatic hydroxyl groups is 1. The maximum atomic E-state index is 10.3. The zero-order valence-electron chi connectivity index (χ0n) is 12.9. The van der Waals surface area contributed by atoms with Gasteiger partial charge >= 0.3 is 0 Å². The summed E-state index contributed by atoms with van der Waals surface area (Å²) in [4.78, 5) is 4.67. The normalized spacial score (nSPS) is 32.1. The predicted molar refractivity (Wildman–Crippen MR) is 76.8 cm³/mol. The highest BCUT2D eigenvalue weighted by Gasteiger charge is 2.34. The Kier molecular flexibility index (Phi) is 4.88. The molecule has 112 valence electrons. The first-order chi connectivity index (χ1) is 8.85. The van der Waals surface area contributed by atoms with Gasteiger partial charge in [-0.2, -0.15) is 0 Å². The number of hydrogen-bond acceptors (Lipinski definition) is 4. The zero-order valence-corrected chi connectivity index (χ0v) is 12.9. The van der Waals surface area contributed by atoms with E-state index in [0.717, 1.165) is 19.0 Å². The van der Waals surface area contributed by atoms with Gasteiger partial charge in [0.2, 0.25) is 6.41 Å². The number of ether oxygens (including phenoxy) is 1. The third kappa shape index (κ3) is 4.42. The van der Waals surface area contributed by atoms with Crippen molar-refractivity contribution in [3.63, 3.8) is 0 Å². The third-order valence-electron chi connectivity index (χ3n) is 4.14. The molecule has 0 aromatic carbocycles. The van der Waals surface area contributed by atoms with Crippen LogP contribution in [0.2, 0.25) is 0 Å². The number of nitrogens with zero attached hydrogens (tertiary/aromatic N) is 2. The van der Waals surface area contributed by atoms with E-state index in [1.807, 2.05) is 20.8 Å². The third-order valence-corrected chi connectivity index (χ3v) is 4.14. The van der Waals surface area contributed by atoms with E-state index < -0.39 is 6.41 Å². The Morgan fingerprint density at radius 2 is 2.00 bits per heavy atom. The number of hydrogen-bond donors (Lipinski definition) is 1. The zero-order chi connectivity index (χ0) is 14.0. The van der Waals surface area contributed by atoms with Crippen LogP contribution in [0, 0.1) is 5.92 Å². The van der Waals surface area contributed by atoms with Gasteiger partial charge in [0.25, 0.3) is 0 Å². The smallest absolute Gasteiger partial charge is 0.216 e. The summed E-state index contributed by atoms with van der Waals surface area (Å²) < 4.78 is 5.70. The summed E-state index contributed by atoms with van der Waals surface area (Å²) in [6, 6.07) is 0.447. The van der Waals surface area contributed by atoms with Gasteiger partial charge in [-0.05, 0) is 52.5 Å². The molecule has 19 heavy (non-hydrogen) atoms. The average Bonchev–Trinajstić information content (AvgIpc) is 2.86. The molecule has 0 aromatic heterocycles. The van der Waals surface area contributed by atoms with Crippen LogP contribution in [-0.4, -0.2) is 59.1 Å². The molecule has 0 radical (unpaired) electrons. The average molecular weight is 270 g/mol. The maximum Gasteiger partial charge on any atom is 0.216 e. The molecule has 0 spiro atoms. The monoisotopic (exact) mass is 270 g/mol. The second-order valence-electron chi connectivity index (χ2n) is 7.24. The summed E-state index contributed by atoms with van der Waals surface area (Å²) in [5.41, 5.74) is -0.297. The summed E-state index contributed by atoms with van der Waals surface area (Å²) in [6.45, 7) is 12.7. The van der Waals surface area contributed by atoms with Crippen molar-refractivity contribution in [3.05, 3.63) is 0 Å². The van der Waals surface area contributed by atoms with Crippen molar-refractivity contribution in [2.24, 2.45) is 5.92 Å². The van der Waals surface area contributed by atoms with Gasteiger partial charge in [0, 0.05) is 25.7 Å². The Labute approximate surface area is 117 Å². The molecule has 4 nitrogen and oxygen atoms in total. The van der Waals surface area contributed by atoms with E-state index in [1.165, 1.54) is 32.4 Å². The van der Waals surface area contributed by atoms with E-state index in [2.05, 4.69) is 16.7 Å². The molecular formula is C15H30N2O2. The lowest BCUT2D eigenvalue weighted by atomic mass is 10.2. The molecule has 0 saturated carbocycles. The van der Waals surface area contributed by atoms with Crippen molar-refractivity contribution in [2.45, 2.75) is 65.0 Å². The molecule has 2 fully saturated rings. The standard InChI is InChI=1S/C15H30N2O2/c1-12-7-9-16(10-12)11-13-6-5-8-17(13)14(18)19-15(2,3)4/h12-14,18H,5-11H2,1-4H3. The molecule has 0 aromatic rings. The maximum absolute atomic E-state index is 10.3. The molecule has 2 rings (SSSR count). The lowest BCUT2D eigenvalue weighted by Crippen LogP contribution is -2.48. The van der Waals surface area contributed by atoms with Crippen LogP contribution in [0.25, 0.3) is 0 Å². The summed E-state index contributed by atoms with van der Waals surface area (Å²) in [5.74, 6) is 0.825. The van der Waals surface area contributed by atoms with E-state index in [0.29, 0.717) is 6.04 Å². The Hall–Kier alpha value is -0.160. The van der Waals surface area contributed by atoms with Gasteiger partial charge in [0.1, 0.15) is 0 Å². The Morgan fingerprint density at radius 3 is 2.58 bits per heavy atom. The predicted octanol–water partition coefficient (Wildman–Crippen LogP) is 1.88. The van der Waals surface area contributed by atoms with Gasteiger partial charge in [-0.1, -0.05) is 6.92 Å². The molecule has 0 amide bonds. The van der Waals surface area contributed by atoms with Crippen molar-refractivity contribution in [1.82, 2.24) is 9.80 Å². The van der Waals surface area contributed by atoms with Gasteiger partial charge in [-0.25, -0.2) is 0 Å². The van der Waals surface area contributed by atoms with Crippen LogP contribution >= 0.6 is 0 Å². The van der Waals surface area contributed by atoms with Crippen molar-refractivity contribution >= 4 is 0 Å². The first-order valence-corrected chi connectivity index (χ1v) is 7.69. The first-order valence-electron chi connectivity index (χ1n) is 7.69. The quantitative estimate of drug-likeness (QED) is 0.791. The SMILES string of the molecule is CC1CCN(CC2CCCN2C(O)OC(C)(C)C)C1. The van der Waals surface area contributed by atoms with Crippen molar-refractivity contribution in [2.75, 3.05) is 26.2 Å². The highest BCUT2D eigenvalue weighted by Crippen LogP contribution is 2.25. The minimum atomic E-state index is -0.757. The second kappa shape index (κ2) is 6.08. The molecular weight excluding hydrogens is 240 g/mol. The Morgan fingerprint density at radius 1 is 1.26 bits per heavy atom. The lowest BCUT2D eigenvalue weighted by Gasteiger charge is -2.35. The fourth-order valence-electron chi connectivity index (χ4n) is 3.22. The first kappa shape index (κ1) is 15.2.